The summed E-state index contributed by atoms with van der Waals surface area (Å²) in [5.74, 6) is 0. The predicted molar refractivity (Wildman–Crippen MR) is 452 cm³/mol. The Morgan fingerprint density at radius 1 is 0.150 bits per heavy atom. The molecule has 0 aromatic heterocycles. The van der Waals surface area contributed by atoms with Crippen LogP contribution in [0, 0.1) is 121 Å². The minimum absolute atomic E-state index is 0. The van der Waals surface area contributed by atoms with E-state index in [2.05, 4.69) is 327 Å². The monoisotopic (exact) mass is 3270 g/mol. The largest absolute Gasteiger partial charge is 0.226 e. The van der Waals surface area contributed by atoms with Gasteiger partial charge in [0, 0.05) is 720 Å². The van der Waals surface area contributed by atoms with Gasteiger partial charge >= 0.3 is 0 Å². The van der Waals surface area contributed by atoms with Crippen LogP contribution in [0.3, 0.4) is 0 Å². The van der Waals surface area contributed by atoms with Gasteiger partial charge in [-0.15, -0.1) is 34.4 Å². The molecule has 596 valence electrons. The van der Waals surface area contributed by atoms with Crippen molar-refractivity contribution in [1.82, 2.24) is 0 Å². The van der Waals surface area contributed by atoms with Gasteiger partial charge in [-0.05, 0) is 124 Å². The molecule has 12 aromatic carbocycles. The van der Waals surface area contributed by atoms with E-state index in [9.17, 15) is 0 Å². The Morgan fingerprint density at radius 2 is 0.358 bits per heavy atom. The van der Waals surface area contributed by atoms with E-state index in [0.717, 1.165) is 22.3 Å². The molecular weight excluding hydrogens is 3130 g/mol. The zero-order valence-electron chi connectivity index (χ0n) is 80.6. The van der Waals surface area contributed by atoms with Crippen molar-refractivity contribution in [2.45, 2.75) is 222 Å². The average Bonchev–Trinajstić information content (AvgIpc) is 0.834. The fraction of sp³-hybridized carbons (Fsp3) is 0.327. The Kier molecular flexibility index (Phi) is 244. The normalized spacial score (nSPS) is 7.20. The first-order chi connectivity index (χ1) is 47.4. The van der Waals surface area contributed by atoms with Crippen LogP contribution in [0.25, 0.3) is 54.6 Å². The molecule has 0 aliphatic rings. The summed E-state index contributed by atoms with van der Waals surface area (Å²) >= 11 is 0. The van der Waals surface area contributed by atoms with Crippen LogP contribution in [0.4, 0.5) is 0 Å². The summed E-state index contributed by atoms with van der Waals surface area (Å²) in [5.41, 5.74) is 22.9. The summed E-state index contributed by atoms with van der Waals surface area (Å²) in [4.78, 5) is 0. The van der Waals surface area contributed by atoms with E-state index in [4.69, 9.17) is 0 Å². The van der Waals surface area contributed by atoms with Crippen LogP contribution in [-0.4, -0.2) is 0 Å². The van der Waals surface area contributed by atoms with E-state index in [1.54, 1.807) is 0 Å². The maximum atomic E-state index is 3.24. The molecule has 0 unspecified atom stereocenters. The molecule has 0 aliphatic heterocycles. The Hall–Kier alpha value is 15.7. The third kappa shape index (κ3) is 99.7. The maximum Gasteiger partial charge on any atom is 0 e. The second-order valence-corrected chi connectivity index (χ2v) is 21.3. The number of benzene rings is 12. The topological polar surface area (TPSA) is 0 Å². The van der Waals surface area contributed by atoms with Crippen molar-refractivity contribution in [3.8, 4) is 22.3 Å². The van der Waals surface area contributed by atoms with Gasteiger partial charge in [-0.1, -0.05) is 343 Å². The van der Waals surface area contributed by atoms with Crippen molar-refractivity contribution >= 4 is 32.3 Å². The second kappa shape index (κ2) is 143. The fourth-order valence-electron chi connectivity index (χ4n) is 8.97. The summed E-state index contributed by atoms with van der Waals surface area (Å²) in [6.07, 6.45) is 0. The first-order valence-electron chi connectivity index (χ1n) is 36.8. The van der Waals surface area contributed by atoms with E-state index in [1.165, 1.54) is 110 Å². The molecule has 120 heavy (non-hydrogen) atoms. The van der Waals surface area contributed by atoms with Crippen molar-refractivity contribution in [3.63, 3.8) is 0 Å². The van der Waals surface area contributed by atoms with Gasteiger partial charge in [-0.3, -0.25) is 0 Å². The molecule has 0 saturated carbocycles. The molecule has 0 nitrogen and oxygen atoms in total. The van der Waals surface area contributed by atoms with Crippen LogP contribution in [0.5, 0.6) is 0 Å². The predicted octanol–water partition coefficient (Wildman–Crippen LogP) is 31.3. The Bertz CT molecular complexity index is 3630. The molecule has 0 N–H and O–H groups in total. The number of rotatable bonds is 2. The number of hydrogen-bond acceptors (Lipinski definition) is 0. The van der Waals surface area contributed by atoms with Gasteiger partial charge < -0.3 is 0 Å². The average molecular weight is 3270 g/mol. The van der Waals surface area contributed by atoms with Crippen LogP contribution in [0.15, 0.2) is 231 Å². The first-order valence-corrected chi connectivity index (χ1v) is 36.8. The molecular formula is C98H134Y22-4. The first kappa shape index (κ1) is 205. The molecule has 0 heterocycles. The molecule has 12 rings (SSSR count). The summed E-state index contributed by atoms with van der Waals surface area (Å²) in [6, 6.07) is 93.4. The van der Waals surface area contributed by atoms with Gasteiger partial charge in [0.15, 0.2) is 0 Å². The van der Waals surface area contributed by atoms with E-state index < -0.39 is 0 Å². The molecule has 0 amide bonds. The number of fused-ring (bicyclic) bond motifs is 3. The third-order valence-corrected chi connectivity index (χ3v) is 13.7. The van der Waals surface area contributed by atoms with Crippen molar-refractivity contribution < 1.29 is 720 Å². The van der Waals surface area contributed by atoms with Crippen LogP contribution in [0.2, 0.25) is 0 Å². The quantitative estimate of drug-likeness (QED) is 0.151. The van der Waals surface area contributed by atoms with E-state index in [1.807, 2.05) is 149 Å². The molecule has 0 aliphatic carbocycles. The molecule has 22 heteroatoms. The Balaban J connectivity index is -0.0000000338. The van der Waals surface area contributed by atoms with Crippen molar-refractivity contribution in [3.05, 3.63) is 333 Å². The SMILES string of the molecule is CC.CC.CC.CC.CC.CC.CC.CC.CC.Cc1c[c-]c(-c2[c-]cc(C)cc2)cc1.Cc1cc[c-]c(-c2[c-]ccc(C)c2)c1.Cc1ccc(C)c2ccccc12.Cc1ccc(C)cc1.Cc1ccc2cc(C)ccc2c1.Cc1cccc(C)c1.Cc1cccc2c(C)cccc12.[Y].[Y].[Y].[Y].[Y].[Y].[Y].[Y].[Y].[Y].[Y].[Y].[Y].[Y].[Y].[Y].[Y].[Y].[Y].[Y].[Y].[Y]. The Morgan fingerprint density at radius 3 is 0.583 bits per heavy atom. The molecule has 0 fully saturated rings. The van der Waals surface area contributed by atoms with Gasteiger partial charge in [0.25, 0.3) is 0 Å². The van der Waals surface area contributed by atoms with Gasteiger partial charge in [-0.25, -0.2) is 22.3 Å². The van der Waals surface area contributed by atoms with Crippen LogP contribution >= 0.6 is 0 Å². The minimum atomic E-state index is 0. The van der Waals surface area contributed by atoms with Crippen LogP contribution in [0.1, 0.15) is 203 Å². The van der Waals surface area contributed by atoms with Gasteiger partial charge in [-0.2, -0.15) is 84.9 Å². The van der Waals surface area contributed by atoms with Crippen LogP contribution < -0.4 is 0 Å². The van der Waals surface area contributed by atoms with Crippen molar-refractivity contribution in [1.29, 1.82) is 0 Å². The zero-order chi connectivity index (χ0) is 75.6. The standard InChI is InChI=1S/2C14H12.3C12H12.2C8H10.9C2H6.22Y/c1-11-3-7-13(8-4-11)14-9-5-12(2)6-10-14;1-11-5-3-7-13(9-11)14-8-4-6-12(2)10-14;1-9-3-5-12-8-10(2)4-6-11(12)7-9;1-9-5-3-8-12-10(2)6-4-7-11(9)12;1-9-7-8-10(2)12-6-4-3-5-11(9)12;1-7-3-5-8(2)6-4-7;1-7-4-3-5-8(2)6-7;9*1-2;;;;;;;;;;;;;;;;;;;;;;/h3-7,9H,1-2H3;3-6,9-10H,1-2H3;3*3-8H,1-2H3;2*3-6H,1-2H3;9*1-2H3;;;;;;;;;;;;;;;;;;;;;;/q2*-2;;;;;;;;;;;;;;;;;;;;;;;;;;;;;;;;;;;;. The summed E-state index contributed by atoms with van der Waals surface area (Å²) in [7, 11) is 0. The summed E-state index contributed by atoms with van der Waals surface area (Å²) in [5, 5.41) is 8.16. The third-order valence-electron chi connectivity index (χ3n) is 13.7. The fourth-order valence-corrected chi connectivity index (χ4v) is 8.97. The maximum absolute atomic E-state index is 3.24. The van der Waals surface area contributed by atoms with Crippen molar-refractivity contribution in [2.24, 2.45) is 0 Å². The minimum Gasteiger partial charge on any atom is -0.226 e. The number of aryl methyl sites for hydroxylation is 14. The molecule has 12 aromatic rings. The van der Waals surface area contributed by atoms with Gasteiger partial charge in [0.05, 0.1) is 0 Å². The van der Waals surface area contributed by atoms with Gasteiger partial charge in [0.1, 0.15) is 0 Å². The molecule has 0 atom stereocenters. The van der Waals surface area contributed by atoms with Crippen molar-refractivity contribution in [2.75, 3.05) is 0 Å². The molecule has 0 bridgehead atoms. The van der Waals surface area contributed by atoms with E-state index in [0.29, 0.717) is 0 Å². The molecule has 0 spiro atoms. The summed E-state index contributed by atoms with van der Waals surface area (Å²) < 4.78 is 0. The summed E-state index contributed by atoms with van der Waals surface area (Å²) in [6.45, 7) is 65.6. The van der Waals surface area contributed by atoms with Crippen LogP contribution in [-0.2, 0) is 720 Å². The van der Waals surface area contributed by atoms with E-state index >= 15 is 0 Å². The Labute approximate surface area is 1300 Å². The zero-order valence-corrected chi connectivity index (χ0v) is 143. The number of hydrogen-bond donors (Lipinski definition) is 0. The molecule has 0 saturated heterocycles. The van der Waals surface area contributed by atoms with Gasteiger partial charge in [0.2, 0.25) is 0 Å². The molecule has 22 radical (unpaired) electrons. The smallest absolute Gasteiger partial charge is 0 e. The second-order valence-electron chi connectivity index (χ2n) is 21.3. The van der Waals surface area contributed by atoms with E-state index in [-0.39, 0.29) is 720 Å².